The molecule has 0 aliphatic rings. The smallest absolute Gasteiger partial charge is 0.314 e. The van der Waals surface area contributed by atoms with E-state index in [0.29, 0.717) is 13.0 Å². The van der Waals surface area contributed by atoms with Crippen molar-refractivity contribution in [1.82, 2.24) is 25.2 Å². The molecule has 2 amide bonds. The van der Waals surface area contributed by atoms with Gasteiger partial charge < -0.3 is 10.6 Å². The monoisotopic (exact) mass is 261 g/mol. The maximum Gasteiger partial charge on any atom is 0.314 e. The molecular formula is C13H19N5O. The molecule has 0 aliphatic heterocycles. The van der Waals surface area contributed by atoms with Crippen LogP contribution >= 0.6 is 0 Å². The molecule has 0 aromatic carbocycles. The molecule has 2 rings (SSSR count). The SMILES string of the molecule is CCCCNC(=O)NCCc1nnc2ccccn12. The Balaban J connectivity index is 1.78. The van der Waals surface area contributed by atoms with E-state index in [1.165, 1.54) is 0 Å². The lowest BCUT2D eigenvalue weighted by Gasteiger charge is -2.06. The first-order valence-electron chi connectivity index (χ1n) is 6.61. The van der Waals surface area contributed by atoms with E-state index in [2.05, 4.69) is 27.8 Å². The van der Waals surface area contributed by atoms with Crippen LogP contribution in [0, 0.1) is 0 Å². The van der Waals surface area contributed by atoms with Crippen LogP contribution in [0.4, 0.5) is 4.79 Å². The van der Waals surface area contributed by atoms with Gasteiger partial charge in [-0.15, -0.1) is 10.2 Å². The highest BCUT2D eigenvalue weighted by Gasteiger charge is 2.05. The van der Waals surface area contributed by atoms with Crippen LogP contribution in [0.15, 0.2) is 24.4 Å². The normalized spacial score (nSPS) is 10.6. The number of hydrogen-bond donors (Lipinski definition) is 2. The molecule has 0 unspecified atom stereocenters. The second-order valence-corrected chi connectivity index (χ2v) is 4.33. The number of urea groups is 1. The van der Waals surface area contributed by atoms with Gasteiger partial charge in [0, 0.05) is 25.7 Å². The average molecular weight is 261 g/mol. The summed E-state index contributed by atoms with van der Waals surface area (Å²) in [6.07, 6.45) is 4.66. The lowest BCUT2D eigenvalue weighted by atomic mass is 10.3. The van der Waals surface area contributed by atoms with Crippen LogP contribution in [0.5, 0.6) is 0 Å². The molecule has 0 saturated heterocycles. The molecule has 19 heavy (non-hydrogen) atoms. The highest BCUT2D eigenvalue weighted by molar-refractivity contribution is 5.73. The van der Waals surface area contributed by atoms with Crippen LogP contribution in [-0.4, -0.2) is 33.7 Å². The maximum atomic E-state index is 11.4. The van der Waals surface area contributed by atoms with Crippen LogP contribution in [0.2, 0.25) is 0 Å². The first kappa shape index (κ1) is 13.3. The topological polar surface area (TPSA) is 71.3 Å². The minimum absolute atomic E-state index is 0.123. The van der Waals surface area contributed by atoms with Gasteiger partial charge >= 0.3 is 6.03 Å². The molecule has 0 aliphatic carbocycles. The summed E-state index contributed by atoms with van der Waals surface area (Å²) in [5.74, 6) is 0.851. The summed E-state index contributed by atoms with van der Waals surface area (Å²) in [7, 11) is 0. The molecule has 6 heteroatoms. The summed E-state index contributed by atoms with van der Waals surface area (Å²) in [6, 6.07) is 5.64. The number of rotatable bonds is 6. The predicted molar refractivity (Wildman–Crippen MR) is 73.0 cm³/mol. The Kier molecular flexibility index (Phi) is 4.72. The molecule has 2 aromatic heterocycles. The van der Waals surface area contributed by atoms with E-state index in [1.54, 1.807) is 0 Å². The van der Waals surface area contributed by atoms with Gasteiger partial charge in [-0.05, 0) is 18.6 Å². The molecule has 2 aromatic rings. The van der Waals surface area contributed by atoms with Crippen molar-refractivity contribution in [1.29, 1.82) is 0 Å². The standard InChI is InChI=1S/C13H19N5O/c1-2-3-8-14-13(19)15-9-7-12-17-16-11-6-4-5-10-18(11)12/h4-6,10H,2-3,7-9H2,1H3,(H2,14,15,19). The maximum absolute atomic E-state index is 11.4. The first-order valence-corrected chi connectivity index (χ1v) is 6.61. The number of carbonyl (C=O) groups excluding carboxylic acids is 1. The summed E-state index contributed by atoms with van der Waals surface area (Å²) in [6.45, 7) is 3.36. The number of nitrogens with zero attached hydrogens (tertiary/aromatic N) is 3. The van der Waals surface area contributed by atoms with E-state index in [0.717, 1.165) is 30.9 Å². The Morgan fingerprint density at radius 2 is 2.11 bits per heavy atom. The van der Waals surface area contributed by atoms with Gasteiger partial charge in [-0.25, -0.2) is 4.79 Å². The Morgan fingerprint density at radius 3 is 2.95 bits per heavy atom. The lowest BCUT2D eigenvalue weighted by molar-refractivity contribution is 0.241. The summed E-state index contributed by atoms with van der Waals surface area (Å²) in [5, 5.41) is 13.8. The predicted octanol–water partition coefficient (Wildman–Crippen LogP) is 1.37. The van der Waals surface area contributed by atoms with Gasteiger partial charge in [0.1, 0.15) is 5.82 Å². The zero-order chi connectivity index (χ0) is 13.5. The number of fused-ring (bicyclic) bond motifs is 1. The summed E-state index contributed by atoms with van der Waals surface area (Å²) in [4.78, 5) is 11.4. The number of aromatic nitrogens is 3. The van der Waals surface area contributed by atoms with E-state index >= 15 is 0 Å². The fraction of sp³-hybridized carbons (Fsp3) is 0.462. The van der Waals surface area contributed by atoms with Crippen molar-refractivity contribution in [2.24, 2.45) is 0 Å². The largest absolute Gasteiger partial charge is 0.338 e. The van der Waals surface area contributed by atoms with Gasteiger partial charge in [0.2, 0.25) is 0 Å². The van der Waals surface area contributed by atoms with Gasteiger partial charge in [-0.2, -0.15) is 0 Å². The van der Waals surface area contributed by atoms with E-state index in [9.17, 15) is 4.79 Å². The van der Waals surface area contributed by atoms with Crippen molar-refractivity contribution in [3.8, 4) is 0 Å². The van der Waals surface area contributed by atoms with Crippen LogP contribution < -0.4 is 10.6 Å². The fourth-order valence-electron chi connectivity index (χ4n) is 1.79. The Labute approximate surface area is 112 Å². The average Bonchev–Trinajstić information content (AvgIpc) is 2.83. The van der Waals surface area contributed by atoms with E-state index in [1.807, 2.05) is 28.8 Å². The van der Waals surface area contributed by atoms with Gasteiger partial charge in [0.25, 0.3) is 0 Å². The second-order valence-electron chi connectivity index (χ2n) is 4.33. The fourth-order valence-corrected chi connectivity index (χ4v) is 1.79. The van der Waals surface area contributed by atoms with Crippen LogP contribution in [0.25, 0.3) is 5.65 Å². The number of hydrogen-bond acceptors (Lipinski definition) is 3. The van der Waals surface area contributed by atoms with Crippen molar-refractivity contribution in [3.05, 3.63) is 30.2 Å². The van der Waals surface area contributed by atoms with Gasteiger partial charge in [-0.1, -0.05) is 19.4 Å². The lowest BCUT2D eigenvalue weighted by Crippen LogP contribution is -2.37. The molecule has 2 N–H and O–H groups in total. The molecule has 0 fully saturated rings. The summed E-state index contributed by atoms with van der Waals surface area (Å²) >= 11 is 0. The Morgan fingerprint density at radius 1 is 1.26 bits per heavy atom. The summed E-state index contributed by atoms with van der Waals surface area (Å²) < 4.78 is 1.93. The molecule has 0 bridgehead atoms. The van der Waals surface area contributed by atoms with Gasteiger partial charge in [0.15, 0.2) is 5.65 Å². The Bertz CT molecular complexity index is 537. The molecule has 0 atom stereocenters. The third-order valence-electron chi connectivity index (χ3n) is 2.83. The molecule has 102 valence electrons. The van der Waals surface area contributed by atoms with Crippen molar-refractivity contribution in [2.45, 2.75) is 26.2 Å². The van der Waals surface area contributed by atoms with Crippen molar-refractivity contribution >= 4 is 11.7 Å². The number of pyridine rings is 1. The minimum Gasteiger partial charge on any atom is -0.338 e. The second kappa shape index (κ2) is 6.72. The summed E-state index contributed by atoms with van der Waals surface area (Å²) in [5.41, 5.74) is 0.824. The minimum atomic E-state index is -0.123. The first-order chi connectivity index (χ1) is 9.31. The van der Waals surface area contributed by atoms with E-state index in [-0.39, 0.29) is 6.03 Å². The number of nitrogens with one attached hydrogen (secondary N) is 2. The zero-order valence-corrected chi connectivity index (χ0v) is 11.1. The molecular weight excluding hydrogens is 242 g/mol. The molecule has 2 heterocycles. The van der Waals surface area contributed by atoms with Crippen LogP contribution in [0.1, 0.15) is 25.6 Å². The number of unbranched alkanes of at least 4 members (excludes halogenated alkanes) is 1. The van der Waals surface area contributed by atoms with Gasteiger partial charge in [-0.3, -0.25) is 4.40 Å². The van der Waals surface area contributed by atoms with Crippen molar-refractivity contribution in [3.63, 3.8) is 0 Å². The van der Waals surface area contributed by atoms with Crippen LogP contribution in [-0.2, 0) is 6.42 Å². The molecule has 6 nitrogen and oxygen atoms in total. The van der Waals surface area contributed by atoms with E-state index in [4.69, 9.17) is 0 Å². The highest BCUT2D eigenvalue weighted by Crippen LogP contribution is 2.02. The highest BCUT2D eigenvalue weighted by atomic mass is 16.2. The number of amides is 2. The van der Waals surface area contributed by atoms with Crippen molar-refractivity contribution in [2.75, 3.05) is 13.1 Å². The van der Waals surface area contributed by atoms with Crippen molar-refractivity contribution < 1.29 is 4.79 Å². The Hall–Kier alpha value is -2.11. The molecule has 0 radical (unpaired) electrons. The molecule has 0 spiro atoms. The van der Waals surface area contributed by atoms with Gasteiger partial charge in [0.05, 0.1) is 0 Å². The quantitative estimate of drug-likeness (QED) is 0.771. The van der Waals surface area contributed by atoms with E-state index < -0.39 is 0 Å². The van der Waals surface area contributed by atoms with Crippen LogP contribution in [0.3, 0.4) is 0 Å². The molecule has 0 saturated carbocycles. The third kappa shape index (κ3) is 3.67. The number of carbonyl (C=O) groups is 1. The third-order valence-corrected chi connectivity index (χ3v) is 2.83. The zero-order valence-electron chi connectivity index (χ0n) is 11.1.